The lowest BCUT2D eigenvalue weighted by atomic mass is 9.95. The number of rotatable bonds is 3. The van der Waals surface area contributed by atoms with Crippen LogP contribution in [0.5, 0.6) is 0 Å². The first-order valence-electron chi connectivity index (χ1n) is 7.92. The maximum atomic E-state index is 12.8. The van der Waals surface area contributed by atoms with Gasteiger partial charge in [-0.05, 0) is 43.9 Å². The summed E-state index contributed by atoms with van der Waals surface area (Å²) in [4.78, 5) is 20.4. The minimum absolute atomic E-state index is 0.0421. The average Bonchev–Trinajstić information content (AvgIpc) is 3.33. The predicted octanol–water partition coefficient (Wildman–Crippen LogP) is 3.85. The molecule has 2 aromatic heterocycles. The Labute approximate surface area is 134 Å². The van der Waals surface area contributed by atoms with Gasteiger partial charge in [-0.15, -0.1) is 0 Å². The summed E-state index contributed by atoms with van der Waals surface area (Å²) >= 11 is 0. The molecule has 0 radical (unpaired) electrons. The Balaban J connectivity index is 1.63. The molecule has 3 aromatic rings. The van der Waals surface area contributed by atoms with Gasteiger partial charge in [0.2, 0.25) is 5.91 Å². The van der Waals surface area contributed by atoms with Crippen molar-refractivity contribution in [3.63, 3.8) is 0 Å². The van der Waals surface area contributed by atoms with Crippen molar-refractivity contribution in [1.82, 2.24) is 9.97 Å². The molecule has 2 heterocycles. The fourth-order valence-corrected chi connectivity index (χ4v) is 3.20. The van der Waals surface area contributed by atoms with E-state index in [1.807, 2.05) is 43.3 Å². The van der Waals surface area contributed by atoms with Crippen LogP contribution >= 0.6 is 0 Å². The molecule has 0 spiro atoms. The van der Waals surface area contributed by atoms with Crippen molar-refractivity contribution in [2.24, 2.45) is 0 Å². The summed E-state index contributed by atoms with van der Waals surface area (Å²) in [7, 11) is 0. The number of pyridine rings is 1. The largest absolute Gasteiger partial charge is 0.357 e. The molecular weight excluding hydrogens is 286 g/mol. The number of nitrogens with zero attached hydrogens (tertiary/aromatic N) is 1. The number of aromatic nitrogens is 2. The summed E-state index contributed by atoms with van der Waals surface area (Å²) in [6, 6.07) is 12.0. The third-order valence-corrected chi connectivity index (χ3v) is 4.95. The molecule has 1 saturated carbocycles. The van der Waals surface area contributed by atoms with E-state index in [0.717, 1.165) is 35.0 Å². The number of carbonyl (C=O) groups is 1. The molecule has 4 rings (SSSR count). The Morgan fingerprint density at radius 2 is 1.96 bits per heavy atom. The molecule has 1 fully saturated rings. The first-order chi connectivity index (χ1) is 11.1. The molecule has 1 amide bonds. The van der Waals surface area contributed by atoms with Gasteiger partial charge in [0.15, 0.2) is 0 Å². The van der Waals surface area contributed by atoms with Gasteiger partial charge in [-0.2, -0.15) is 0 Å². The summed E-state index contributed by atoms with van der Waals surface area (Å²) in [6.45, 7) is 4.12. The van der Waals surface area contributed by atoms with Gasteiger partial charge in [-0.1, -0.05) is 30.3 Å². The molecular formula is C19H19N3O. The lowest BCUT2D eigenvalue weighted by molar-refractivity contribution is -0.118. The Hall–Kier alpha value is -2.62. The number of fused-ring (bicyclic) bond motifs is 1. The van der Waals surface area contributed by atoms with Crippen molar-refractivity contribution in [2.45, 2.75) is 32.1 Å². The molecule has 0 unspecified atom stereocenters. The zero-order valence-corrected chi connectivity index (χ0v) is 13.3. The maximum Gasteiger partial charge on any atom is 0.236 e. The molecule has 4 nitrogen and oxygen atoms in total. The smallest absolute Gasteiger partial charge is 0.236 e. The van der Waals surface area contributed by atoms with E-state index in [-0.39, 0.29) is 11.3 Å². The number of hydrogen-bond acceptors (Lipinski definition) is 2. The van der Waals surface area contributed by atoms with Gasteiger partial charge in [0.1, 0.15) is 5.82 Å². The van der Waals surface area contributed by atoms with Crippen LogP contribution < -0.4 is 5.32 Å². The van der Waals surface area contributed by atoms with Crippen LogP contribution in [-0.2, 0) is 10.2 Å². The summed E-state index contributed by atoms with van der Waals surface area (Å²) in [5.41, 5.74) is 4.05. The van der Waals surface area contributed by atoms with Gasteiger partial charge in [0.25, 0.3) is 0 Å². The number of anilines is 1. The van der Waals surface area contributed by atoms with E-state index in [1.54, 1.807) is 6.20 Å². The van der Waals surface area contributed by atoms with Crippen molar-refractivity contribution in [3.05, 3.63) is 59.4 Å². The highest BCUT2D eigenvalue weighted by Crippen LogP contribution is 2.48. The van der Waals surface area contributed by atoms with Crippen LogP contribution in [0.25, 0.3) is 10.9 Å². The minimum atomic E-state index is -0.374. The number of hydrogen-bond donors (Lipinski definition) is 2. The third-order valence-electron chi connectivity index (χ3n) is 4.95. The second-order valence-electron chi connectivity index (χ2n) is 6.39. The molecule has 116 valence electrons. The van der Waals surface area contributed by atoms with Crippen LogP contribution in [0, 0.1) is 13.8 Å². The van der Waals surface area contributed by atoms with Crippen LogP contribution in [0.2, 0.25) is 0 Å². The standard InChI is InChI=1S/C19H19N3O/c1-12-13(2)21-16-11-20-17(10-15(12)16)22-18(23)19(8-9-19)14-6-4-3-5-7-14/h3-7,10-11,21H,8-9H2,1-2H3,(H,20,22,23). The van der Waals surface area contributed by atoms with Crippen molar-refractivity contribution in [3.8, 4) is 0 Å². The Kier molecular flexibility index (Phi) is 3.01. The molecule has 1 aromatic carbocycles. The fourth-order valence-electron chi connectivity index (χ4n) is 3.20. The average molecular weight is 305 g/mol. The second-order valence-corrected chi connectivity index (χ2v) is 6.39. The molecule has 2 N–H and O–H groups in total. The van der Waals surface area contributed by atoms with E-state index in [1.165, 1.54) is 5.56 Å². The minimum Gasteiger partial charge on any atom is -0.357 e. The monoisotopic (exact) mass is 305 g/mol. The molecule has 0 saturated heterocycles. The maximum absolute atomic E-state index is 12.8. The van der Waals surface area contributed by atoms with E-state index in [4.69, 9.17) is 0 Å². The molecule has 23 heavy (non-hydrogen) atoms. The number of H-pyrrole nitrogens is 1. The van der Waals surface area contributed by atoms with Gasteiger partial charge in [-0.25, -0.2) is 4.98 Å². The normalized spacial score (nSPS) is 15.6. The number of amides is 1. The Morgan fingerprint density at radius 3 is 2.65 bits per heavy atom. The van der Waals surface area contributed by atoms with Crippen molar-refractivity contribution < 1.29 is 4.79 Å². The van der Waals surface area contributed by atoms with E-state index >= 15 is 0 Å². The SMILES string of the molecule is Cc1[nH]c2cnc(NC(=O)C3(c4ccccc4)CC3)cc2c1C. The third kappa shape index (κ3) is 2.22. The number of nitrogens with one attached hydrogen (secondary N) is 2. The van der Waals surface area contributed by atoms with Crippen LogP contribution in [0.3, 0.4) is 0 Å². The van der Waals surface area contributed by atoms with Gasteiger partial charge >= 0.3 is 0 Å². The molecule has 0 aliphatic heterocycles. The van der Waals surface area contributed by atoms with Crippen molar-refractivity contribution in [2.75, 3.05) is 5.32 Å². The topological polar surface area (TPSA) is 57.8 Å². The highest BCUT2D eigenvalue weighted by molar-refractivity contribution is 6.01. The van der Waals surface area contributed by atoms with Crippen LogP contribution in [0.1, 0.15) is 29.7 Å². The van der Waals surface area contributed by atoms with Gasteiger partial charge in [0.05, 0.1) is 17.1 Å². The first-order valence-corrected chi connectivity index (χ1v) is 7.92. The van der Waals surface area contributed by atoms with Gasteiger partial charge < -0.3 is 10.3 Å². The predicted molar refractivity (Wildman–Crippen MR) is 91.6 cm³/mol. The molecule has 0 bridgehead atoms. The van der Waals surface area contributed by atoms with Crippen molar-refractivity contribution in [1.29, 1.82) is 0 Å². The second kappa shape index (κ2) is 4.95. The lowest BCUT2D eigenvalue weighted by Gasteiger charge is -2.15. The van der Waals surface area contributed by atoms with Gasteiger partial charge in [0, 0.05) is 11.1 Å². The lowest BCUT2D eigenvalue weighted by Crippen LogP contribution is -2.28. The highest BCUT2D eigenvalue weighted by Gasteiger charge is 2.51. The zero-order valence-electron chi connectivity index (χ0n) is 13.3. The number of aromatic amines is 1. The number of aryl methyl sites for hydroxylation is 2. The van der Waals surface area contributed by atoms with E-state index < -0.39 is 0 Å². The summed E-state index contributed by atoms with van der Waals surface area (Å²) in [5, 5.41) is 4.12. The number of benzene rings is 1. The van der Waals surface area contributed by atoms with E-state index in [2.05, 4.69) is 22.2 Å². The summed E-state index contributed by atoms with van der Waals surface area (Å²) in [5.74, 6) is 0.660. The van der Waals surface area contributed by atoms with E-state index in [9.17, 15) is 4.79 Å². The first kappa shape index (κ1) is 14.0. The fraction of sp³-hybridized carbons (Fsp3) is 0.263. The molecule has 1 aliphatic carbocycles. The van der Waals surface area contributed by atoms with Crippen molar-refractivity contribution >= 4 is 22.6 Å². The van der Waals surface area contributed by atoms with Crippen LogP contribution in [0.4, 0.5) is 5.82 Å². The van der Waals surface area contributed by atoms with Crippen LogP contribution in [-0.4, -0.2) is 15.9 Å². The summed E-state index contributed by atoms with van der Waals surface area (Å²) in [6.07, 6.45) is 3.58. The quantitative estimate of drug-likeness (QED) is 0.772. The molecule has 4 heteroatoms. The summed E-state index contributed by atoms with van der Waals surface area (Å²) < 4.78 is 0. The van der Waals surface area contributed by atoms with E-state index in [0.29, 0.717) is 5.82 Å². The van der Waals surface area contributed by atoms with Crippen LogP contribution in [0.15, 0.2) is 42.6 Å². The van der Waals surface area contributed by atoms with Gasteiger partial charge in [-0.3, -0.25) is 4.79 Å². The Bertz CT molecular complexity index is 892. The molecule has 1 aliphatic rings. The Morgan fingerprint density at radius 1 is 1.22 bits per heavy atom. The number of carbonyl (C=O) groups excluding carboxylic acids is 1. The zero-order chi connectivity index (χ0) is 16.0. The molecule has 0 atom stereocenters. The highest BCUT2D eigenvalue weighted by atomic mass is 16.2.